The average molecular weight is 340 g/mol. The Balaban J connectivity index is 1.96. The van der Waals surface area contributed by atoms with E-state index in [0.29, 0.717) is 19.4 Å². The quantitative estimate of drug-likeness (QED) is 0.917. The van der Waals surface area contributed by atoms with Crippen molar-refractivity contribution in [2.45, 2.75) is 32.2 Å². The highest BCUT2D eigenvalue weighted by Crippen LogP contribution is 2.25. The fourth-order valence-corrected chi connectivity index (χ4v) is 3.14. The van der Waals surface area contributed by atoms with Gasteiger partial charge in [0.25, 0.3) is 0 Å². The van der Waals surface area contributed by atoms with E-state index in [9.17, 15) is 14.7 Å². The van der Waals surface area contributed by atoms with Gasteiger partial charge < -0.3 is 10.0 Å². The Hall–Kier alpha value is -1.36. The van der Waals surface area contributed by atoms with Crippen LogP contribution in [0.25, 0.3) is 0 Å². The number of aliphatic carboxylic acids is 1. The molecule has 2 rings (SSSR count). The smallest absolute Gasteiger partial charge is 0.326 e. The third-order valence-electron chi connectivity index (χ3n) is 3.79. The standard InChI is InChI=1S/C15H18BrNO3/c1-10-7-8-17(14(10)15(19)20)13(18)6-5-11-3-2-4-12(16)9-11/h2-4,9-10,14H,5-8H2,1H3,(H,19,20). The lowest BCUT2D eigenvalue weighted by Gasteiger charge is -2.23. The molecule has 0 bridgehead atoms. The maximum atomic E-state index is 12.2. The van der Waals surface area contributed by atoms with Gasteiger partial charge in [0.05, 0.1) is 0 Å². The number of halogens is 1. The number of aryl methyl sites for hydroxylation is 1. The van der Waals surface area contributed by atoms with Gasteiger partial charge in [0, 0.05) is 17.4 Å². The molecule has 0 aromatic heterocycles. The lowest BCUT2D eigenvalue weighted by Crippen LogP contribution is -2.42. The topological polar surface area (TPSA) is 57.6 Å². The van der Waals surface area contributed by atoms with Gasteiger partial charge in [-0.25, -0.2) is 4.79 Å². The summed E-state index contributed by atoms with van der Waals surface area (Å²) in [5, 5.41) is 9.22. The number of likely N-dealkylation sites (tertiary alicyclic amines) is 1. The van der Waals surface area contributed by atoms with Crippen LogP contribution in [0.3, 0.4) is 0 Å². The number of carbonyl (C=O) groups is 2. The van der Waals surface area contributed by atoms with Gasteiger partial charge in [-0.1, -0.05) is 35.0 Å². The van der Waals surface area contributed by atoms with Gasteiger partial charge in [-0.2, -0.15) is 0 Å². The van der Waals surface area contributed by atoms with Gasteiger partial charge in [-0.15, -0.1) is 0 Å². The molecule has 1 aliphatic heterocycles. The van der Waals surface area contributed by atoms with Gasteiger partial charge in [-0.05, 0) is 36.5 Å². The molecule has 1 fully saturated rings. The SMILES string of the molecule is CC1CCN(C(=O)CCc2cccc(Br)c2)C1C(=O)O. The Morgan fingerprint density at radius 2 is 2.20 bits per heavy atom. The summed E-state index contributed by atoms with van der Waals surface area (Å²) in [5.74, 6) is -0.935. The van der Waals surface area contributed by atoms with Crippen molar-refractivity contribution in [1.29, 1.82) is 0 Å². The molecule has 4 nitrogen and oxygen atoms in total. The van der Waals surface area contributed by atoms with Crippen molar-refractivity contribution >= 4 is 27.8 Å². The van der Waals surface area contributed by atoms with Gasteiger partial charge in [0.15, 0.2) is 0 Å². The minimum absolute atomic E-state index is 0.0299. The van der Waals surface area contributed by atoms with Crippen molar-refractivity contribution in [2.75, 3.05) is 6.54 Å². The lowest BCUT2D eigenvalue weighted by atomic mass is 10.0. The molecule has 1 saturated heterocycles. The van der Waals surface area contributed by atoms with Crippen LogP contribution in [0.2, 0.25) is 0 Å². The summed E-state index contributed by atoms with van der Waals surface area (Å²) in [6.45, 7) is 2.44. The number of nitrogens with zero attached hydrogens (tertiary/aromatic N) is 1. The summed E-state index contributed by atoms with van der Waals surface area (Å²) in [5.41, 5.74) is 1.08. The zero-order chi connectivity index (χ0) is 14.7. The third kappa shape index (κ3) is 3.39. The van der Waals surface area contributed by atoms with Gasteiger partial charge in [0.2, 0.25) is 5.91 Å². The molecule has 0 aliphatic carbocycles. The monoisotopic (exact) mass is 339 g/mol. The zero-order valence-electron chi connectivity index (χ0n) is 11.4. The Bertz CT molecular complexity index is 518. The van der Waals surface area contributed by atoms with Crippen molar-refractivity contribution in [3.05, 3.63) is 34.3 Å². The van der Waals surface area contributed by atoms with Crippen molar-refractivity contribution in [3.8, 4) is 0 Å². The molecular weight excluding hydrogens is 322 g/mol. The van der Waals surface area contributed by atoms with Crippen LogP contribution in [0, 0.1) is 5.92 Å². The first-order valence-corrected chi connectivity index (χ1v) is 7.55. The molecule has 0 saturated carbocycles. The van der Waals surface area contributed by atoms with E-state index in [-0.39, 0.29) is 11.8 Å². The number of amides is 1. The first kappa shape index (κ1) is 15.0. The molecule has 0 spiro atoms. The van der Waals surface area contributed by atoms with E-state index in [4.69, 9.17) is 0 Å². The summed E-state index contributed by atoms with van der Waals surface area (Å²) >= 11 is 3.40. The minimum Gasteiger partial charge on any atom is -0.480 e. The van der Waals surface area contributed by atoms with Gasteiger partial charge >= 0.3 is 5.97 Å². The van der Waals surface area contributed by atoms with E-state index in [1.165, 1.54) is 4.90 Å². The normalized spacial score (nSPS) is 22.0. The van der Waals surface area contributed by atoms with Crippen LogP contribution < -0.4 is 0 Å². The number of hydrogen-bond acceptors (Lipinski definition) is 2. The molecule has 1 aromatic rings. The van der Waals surface area contributed by atoms with Crippen LogP contribution in [-0.2, 0) is 16.0 Å². The summed E-state index contributed by atoms with van der Waals surface area (Å²) in [6.07, 6.45) is 1.75. The Morgan fingerprint density at radius 3 is 2.85 bits per heavy atom. The number of carbonyl (C=O) groups excluding carboxylic acids is 1. The summed E-state index contributed by atoms with van der Waals surface area (Å²) in [6, 6.07) is 7.16. The van der Waals surface area contributed by atoms with E-state index in [1.54, 1.807) is 0 Å². The number of carboxylic acid groups (broad SMARTS) is 1. The van der Waals surface area contributed by atoms with Gasteiger partial charge in [0.1, 0.15) is 6.04 Å². The first-order valence-electron chi connectivity index (χ1n) is 6.75. The second-order valence-electron chi connectivity index (χ2n) is 5.27. The largest absolute Gasteiger partial charge is 0.480 e. The summed E-state index contributed by atoms with van der Waals surface area (Å²) < 4.78 is 0.987. The number of rotatable bonds is 4. The van der Waals surface area contributed by atoms with Crippen LogP contribution in [0.4, 0.5) is 0 Å². The maximum absolute atomic E-state index is 12.2. The number of carboxylic acids is 1. The predicted octanol–water partition coefficient (Wildman–Crippen LogP) is 2.70. The minimum atomic E-state index is -0.897. The average Bonchev–Trinajstić information content (AvgIpc) is 2.78. The van der Waals surface area contributed by atoms with Gasteiger partial charge in [-0.3, -0.25) is 4.79 Å². The third-order valence-corrected chi connectivity index (χ3v) is 4.28. The van der Waals surface area contributed by atoms with Crippen molar-refractivity contribution in [1.82, 2.24) is 4.90 Å². The second-order valence-corrected chi connectivity index (χ2v) is 6.18. The molecule has 2 atom stereocenters. The Kier molecular flexibility index (Phi) is 4.81. The predicted molar refractivity (Wildman–Crippen MR) is 79.4 cm³/mol. The molecule has 1 aromatic carbocycles. The summed E-state index contributed by atoms with van der Waals surface area (Å²) in [4.78, 5) is 25.0. The summed E-state index contributed by atoms with van der Waals surface area (Å²) in [7, 11) is 0. The van der Waals surface area contributed by atoms with Crippen molar-refractivity contribution in [2.24, 2.45) is 5.92 Å². The Morgan fingerprint density at radius 1 is 1.45 bits per heavy atom. The number of hydrogen-bond donors (Lipinski definition) is 1. The highest BCUT2D eigenvalue weighted by molar-refractivity contribution is 9.10. The number of benzene rings is 1. The fraction of sp³-hybridized carbons (Fsp3) is 0.467. The van der Waals surface area contributed by atoms with Crippen LogP contribution in [0.5, 0.6) is 0 Å². The van der Waals surface area contributed by atoms with E-state index >= 15 is 0 Å². The fourth-order valence-electron chi connectivity index (χ4n) is 2.69. The van der Waals surface area contributed by atoms with E-state index in [2.05, 4.69) is 15.9 Å². The highest BCUT2D eigenvalue weighted by atomic mass is 79.9. The van der Waals surface area contributed by atoms with Crippen LogP contribution in [0.15, 0.2) is 28.7 Å². The van der Waals surface area contributed by atoms with E-state index in [1.807, 2.05) is 31.2 Å². The Labute approximate surface area is 126 Å². The molecule has 1 N–H and O–H groups in total. The molecule has 5 heteroatoms. The molecule has 20 heavy (non-hydrogen) atoms. The van der Waals surface area contributed by atoms with Crippen molar-refractivity contribution < 1.29 is 14.7 Å². The molecule has 1 aliphatic rings. The second kappa shape index (κ2) is 6.39. The molecule has 1 amide bonds. The van der Waals surface area contributed by atoms with E-state index in [0.717, 1.165) is 16.5 Å². The first-order chi connectivity index (χ1) is 9.49. The van der Waals surface area contributed by atoms with E-state index < -0.39 is 12.0 Å². The lowest BCUT2D eigenvalue weighted by molar-refractivity contribution is -0.149. The van der Waals surface area contributed by atoms with Crippen LogP contribution >= 0.6 is 15.9 Å². The maximum Gasteiger partial charge on any atom is 0.326 e. The van der Waals surface area contributed by atoms with Crippen LogP contribution in [0.1, 0.15) is 25.3 Å². The molecule has 0 radical (unpaired) electrons. The van der Waals surface area contributed by atoms with Crippen LogP contribution in [-0.4, -0.2) is 34.5 Å². The molecule has 1 heterocycles. The van der Waals surface area contributed by atoms with Crippen molar-refractivity contribution in [3.63, 3.8) is 0 Å². The molecule has 108 valence electrons. The highest BCUT2D eigenvalue weighted by Gasteiger charge is 2.38. The molecule has 2 unspecified atom stereocenters. The molecular formula is C15H18BrNO3. The zero-order valence-corrected chi connectivity index (χ0v) is 13.0.